The zero-order valence-electron chi connectivity index (χ0n) is 14.9. The lowest BCUT2D eigenvalue weighted by molar-refractivity contribution is 0.177. The van der Waals surface area contributed by atoms with Gasteiger partial charge in [0.05, 0.1) is 33.1 Å². The number of hydrogen-bond acceptors (Lipinski definition) is 4. The van der Waals surface area contributed by atoms with Gasteiger partial charge in [-0.05, 0) is 47.9 Å². The number of rotatable bonds is 4. The molecule has 1 amide bonds. The maximum Gasteiger partial charge on any atom is 0.414 e. The predicted octanol–water partition coefficient (Wildman–Crippen LogP) is 4.57. The van der Waals surface area contributed by atoms with Gasteiger partial charge in [-0.25, -0.2) is 4.79 Å². The van der Waals surface area contributed by atoms with Crippen LogP contribution in [-0.2, 0) is 11.2 Å². The van der Waals surface area contributed by atoms with Crippen molar-refractivity contribution in [1.82, 2.24) is 0 Å². The predicted molar refractivity (Wildman–Crippen MR) is 102 cm³/mol. The van der Waals surface area contributed by atoms with Crippen molar-refractivity contribution in [2.75, 3.05) is 26.2 Å². The van der Waals surface area contributed by atoms with Crippen molar-refractivity contribution in [3.63, 3.8) is 0 Å². The number of carbonyl (C=O) groups is 1. The molecule has 0 fully saturated rings. The summed E-state index contributed by atoms with van der Waals surface area (Å²) in [6.07, 6.45) is 4.15. The van der Waals surface area contributed by atoms with E-state index in [-0.39, 0.29) is 6.04 Å². The fraction of sp³-hybridized carbons (Fsp3) is 0.250. The fourth-order valence-electron chi connectivity index (χ4n) is 3.10. The molecule has 0 radical (unpaired) electrons. The van der Waals surface area contributed by atoms with Crippen LogP contribution in [0.1, 0.15) is 11.1 Å². The lowest BCUT2D eigenvalue weighted by Crippen LogP contribution is -2.42. The number of methoxy groups -OCH3 is 3. The van der Waals surface area contributed by atoms with Crippen molar-refractivity contribution in [2.45, 2.75) is 12.5 Å². The van der Waals surface area contributed by atoms with Gasteiger partial charge in [-0.1, -0.05) is 29.8 Å². The van der Waals surface area contributed by atoms with Gasteiger partial charge < -0.3 is 14.2 Å². The molecule has 5 nitrogen and oxygen atoms in total. The van der Waals surface area contributed by atoms with E-state index >= 15 is 0 Å². The number of carbonyl (C=O) groups excluding carboxylic acids is 1. The number of benzene rings is 2. The minimum atomic E-state index is -0.414. The van der Waals surface area contributed by atoms with Gasteiger partial charge >= 0.3 is 6.09 Å². The van der Waals surface area contributed by atoms with Gasteiger partial charge in [0, 0.05) is 5.02 Å². The van der Waals surface area contributed by atoms with E-state index in [1.807, 2.05) is 42.5 Å². The summed E-state index contributed by atoms with van der Waals surface area (Å²) in [7, 11) is 4.58. The summed E-state index contributed by atoms with van der Waals surface area (Å²) in [6, 6.07) is 11.0. The molecule has 0 aliphatic carbocycles. The summed E-state index contributed by atoms with van der Waals surface area (Å²) in [5, 5.41) is 0.622. The number of ether oxygens (including phenoxy) is 3. The average molecular weight is 374 g/mol. The Bertz CT molecular complexity index is 850. The first-order valence-corrected chi connectivity index (χ1v) is 8.51. The summed E-state index contributed by atoms with van der Waals surface area (Å²) in [6.45, 7) is 0. The van der Waals surface area contributed by atoms with Crippen LogP contribution >= 0.6 is 11.6 Å². The topological polar surface area (TPSA) is 48.0 Å². The molecule has 0 N–H and O–H groups in total. The maximum atomic E-state index is 12.4. The molecule has 0 saturated heterocycles. The molecule has 1 atom stereocenters. The minimum absolute atomic E-state index is 0.186. The summed E-state index contributed by atoms with van der Waals surface area (Å²) in [5.74, 6) is 1.32. The molecule has 6 heteroatoms. The van der Waals surface area contributed by atoms with Crippen LogP contribution in [0.4, 0.5) is 10.5 Å². The number of hydrogen-bond donors (Lipinski definition) is 0. The molecular formula is C20H20ClNO4. The highest BCUT2D eigenvalue weighted by atomic mass is 35.5. The molecule has 2 aromatic rings. The van der Waals surface area contributed by atoms with Gasteiger partial charge in [-0.3, -0.25) is 4.90 Å². The quantitative estimate of drug-likeness (QED) is 0.787. The Morgan fingerprint density at radius 2 is 1.85 bits per heavy atom. The van der Waals surface area contributed by atoms with Crippen molar-refractivity contribution >= 4 is 29.5 Å². The van der Waals surface area contributed by atoms with Gasteiger partial charge in [-0.2, -0.15) is 0 Å². The Morgan fingerprint density at radius 1 is 1.08 bits per heavy atom. The SMILES string of the molecule is COC(=O)N1c2ccc(Cl)cc2C=CC1Cc1ccc(OC)c(OC)c1. The van der Waals surface area contributed by atoms with Gasteiger partial charge in [0.2, 0.25) is 0 Å². The van der Waals surface area contributed by atoms with Gasteiger partial charge in [-0.15, -0.1) is 0 Å². The molecule has 1 aliphatic heterocycles. The highest BCUT2D eigenvalue weighted by Crippen LogP contribution is 2.34. The van der Waals surface area contributed by atoms with Crippen molar-refractivity contribution in [3.8, 4) is 11.5 Å². The number of fused-ring (bicyclic) bond motifs is 1. The van der Waals surface area contributed by atoms with E-state index in [2.05, 4.69) is 0 Å². The monoisotopic (exact) mass is 373 g/mol. The first-order chi connectivity index (χ1) is 12.6. The second-order valence-electron chi connectivity index (χ2n) is 5.86. The highest BCUT2D eigenvalue weighted by molar-refractivity contribution is 6.30. The van der Waals surface area contributed by atoms with E-state index in [1.54, 1.807) is 25.2 Å². The molecular weight excluding hydrogens is 354 g/mol. The van der Waals surface area contributed by atoms with Gasteiger partial charge in [0.1, 0.15) is 0 Å². The van der Waals surface area contributed by atoms with Gasteiger partial charge in [0.25, 0.3) is 0 Å². The van der Waals surface area contributed by atoms with Crippen LogP contribution in [0, 0.1) is 0 Å². The number of nitrogens with zero attached hydrogens (tertiary/aromatic N) is 1. The number of halogens is 1. The first kappa shape index (κ1) is 18.1. The third-order valence-corrected chi connectivity index (χ3v) is 4.58. The Morgan fingerprint density at radius 3 is 2.54 bits per heavy atom. The molecule has 0 bridgehead atoms. The third kappa shape index (κ3) is 3.48. The Hall–Kier alpha value is -2.66. The molecule has 2 aromatic carbocycles. The van der Waals surface area contributed by atoms with Gasteiger partial charge in [0.15, 0.2) is 11.5 Å². The van der Waals surface area contributed by atoms with E-state index < -0.39 is 6.09 Å². The van der Waals surface area contributed by atoms with E-state index in [4.69, 9.17) is 25.8 Å². The van der Waals surface area contributed by atoms with Crippen LogP contribution in [0.25, 0.3) is 6.08 Å². The fourth-order valence-corrected chi connectivity index (χ4v) is 3.28. The average Bonchev–Trinajstić information content (AvgIpc) is 2.67. The summed E-state index contributed by atoms with van der Waals surface area (Å²) >= 11 is 6.07. The third-order valence-electron chi connectivity index (χ3n) is 4.34. The van der Waals surface area contributed by atoms with E-state index in [1.165, 1.54) is 7.11 Å². The molecule has 136 valence electrons. The normalized spacial score (nSPS) is 15.4. The maximum absolute atomic E-state index is 12.4. The highest BCUT2D eigenvalue weighted by Gasteiger charge is 2.29. The molecule has 0 saturated carbocycles. The van der Waals surface area contributed by atoms with Crippen molar-refractivity contribution in [3.05, 3.63) is 58.6 Å². The zero-order valence-corrected chi connectivity index (χ0v) is 15.6. The smallest absolute Gasteiger partial charge is 0.414 e. The largest absolute Gasteiger partial charge is 0.493 e. The lowest BCUT2D eigenvalue weighted by Gasteiger charge is -2.33. The molecule has 3 rings (SSSR count). The molecule has 26 heavy (non-hydrogen) atoms. The van der Waals surface area contributed by atoms with Crippen molar-refractivity contribution in [1.29, 1.82) is 0 Å². The van der Waals surface area contributed by atoms with E-state index in [9.17, 15) is 4.79 Å². The van der Waals surface area contributed by atoms with Crippen LogP contribution in [0.5, 0.6) is 11.5 Å². The first-order valence-electron chi connectivity index (χ1n) is 8.13. The summed E-state index contributed by atoms with van der Waals surface area (Å²) in [5.41, 5.74) is 2.67. The van der Waals surface area contributed by atoms with Crippen LogP contribution in [0.15, 0.2) is 42.5 Å². The Labute approximate surface area is 157 Å². The van der Waals surface area contributed by atoms with Crippen LogP contribution < -0.4 is 14.4 Å². The van der Waals surface area contributed by atoms with Crippen LogP contribution in [0.3, 0.4) is 0 Å². The van der Waals surface area contributed by atoms with E-state index in [0.717, 1.165) is 16.8 Å². The summed E-state index contributed by atoms with van der Waals surface area (Å²) < 4.78 is 15.6. The zero-order chi connectivity index (χ0) is 18.7. The molecule has 1 unspecified atom stereocenters. The molecule has 1 heterocycles. The second kappa shape index (κ2) is 7.70. The number of amides is 1. The molecule has 0 aromatic heterocycles. The van der Waals surface area contributed by atoms with Crippen molar-refractivity contribution < 1.29 is 19.0 Å². The van der Waals surface area contributed by atoms with Crippen LogP contribution in [0.2, 0.25) is 5.02 Å². The Balaban J connectivity index is 1.94. The molecule has 0 spiro atoms. The molecule has 1 aliphatic rings. The standard InChI is InChI=1S/C20H20ClNO4/c1-24-18-9-4-13(11-19(18)25-2)10-16-7-5-14-12-15(21)6-8-17(14)22(16)20(23)26-3/h4-9,11-12,16H,10H2,1-3H3. The minimum Gasteiger partial charge on any atom is -0.493 e. The lowest BCUT2D eigenvalue weighted by atomic mass is 9.97. The van der Waals surface area contributed by atoms with E-state index in [0.29, 0.717) is 22.9 Å². The second-order valence-corrected chi connectivity index (χ2v) is 6.30. The van der Waals surface area contributed by atoms with Crippen molar-refractivity contribution in [2.24, 2.45) is 0 Å². The summed E-state index contributed by atoms with van der Waals surface area (Å²) in [4.78, 5) is 14.1. The Kier molecular flexibility index (Phi) is 5.38. The number of anilines is 1. The van der Waals surface area contributed by atoms with Crippen LogP contribution in [-0.4, -0.2) is 33.5 Å².